The van der Waals surface area contributed by atoms with E-state index in [2.05, 4.69) is 10.6 Å². The lowest BCUT2D eigenvalue weighted by Gasteiger charge is -2.25. The Bertz CT molecular complexity index is 502. The second-order valence-electron chi connectivity index (χ2n) is 5.36. The van der Waals surface area contributed by atoms with E-state index in [9.17, 15) is 18.0 Å². The molecule has 0 aliphatic carbocycles. The molecule has 0 aromatic heterocycles. The van der Waals surface area contributed by atoms with Gasteiger partial charge in [-0.05, 0) is 44.0 Å². The Labute approximate surface area is 134 Å². The van der Waals surface area contributed by atoms with Crippen LogP contribution in [0.25, 0.3) is 0 Å². The number of carbonyl (C=O) groups excluding carboxylic acids is 1. The summed E-state index contributed by atoms with van der Waals surface area (Å²) in [6, 6.07) is 4.37. The molecule has 124 valence electrons. The Hall–Kier alpha value is -1.27. The molecule has 0 saturated carbocycles. The van der Waals surface area contributed by atoms with Crippen LogP contribution in [0.5, 0.6) is 0 Å². The number of rotatable bonds is 3. The molecular weight excluding hydrogens is 317 g/mol. The maximum atomic E-state index is 12.7. The van der Waals surface area contributed by atoms with Crippen molar-refractivity contribution in [3.63, 3.8) is 0 Å². The fourth-order valence-corrected chi connectivity index (χ4v) is 2.46. The summed E-state index contributed by atoms with van der Waals surface area (Å²) in [5.41, 5.74) is -0.245. The average molecular weight is 337 g/mol. The molecule has 1 amide bonds. The average Bonchev–Trinajstić information content (AvgIpc) is 2.47. The third-order valence-electron chi connectivity index (χ3n) is 3.70. The number of amides is 1. The van der Waals surface area contributed by atoms with Crippen molar-refractivity contribution in [1.82, 2.24) is 10.6 Å². The number of benzene rings is 1. The standard InChI is InChI=1S/C15H19F3N2O.ClH/c1-10(20-14(21)13-7-2-3-8-19-13)11-5-4-6-12(9-11)15(16,17)18;/h4-6,9-10,13,19H,2-3,7-8H2,1H3,(H,20,21);1H/t10?,13-;/m1./s1. The van der Waals surface area contributed by atoms with E-state index < -0.39 is 17.8 Å². The molecule has 1 fully saturated rings. The van der Waals surface area contributed by atoms with E-state index in [4.69, 9.17) is 0 Å². The minimum Gasteiger partial charge on any atom is -0.348 e. The molecular formula is C15H20ClF3N2O. The Balaban J connectivity index is 0.00000242. The quantitative estimate of drug-likeness (QED) is 0.887. The number of hydrogen-bond donors (Lipinski definition) is 2. The summed E-state index contributed by atoms with van der Waals surface area (Å²) < 4.78 is 38.1. The predicted molar refractivity (Wildman–Crippen MR) is 80.9 cm³/mol. The number of halogens is 4. The number of carbonyl (C=O) groups is 1. The second kappa shape index (κ2) is 7.83. The van der Waals surface area contributed by atoms with Gasteiger partial charge in [0.2, 0.25) is 5.91 Å². The molecule has 1 heterocycles. The van der Waals surface area contributed by atoms with Gasteiger partial charge in [-0.15, -0.1) is 12.4 Å². The van der Waals surface area contributed by atoms with Crippen molar-refractivity contribution in [2.75, 3.05) is 6.54 Å². The van der Waals surface area contributed by atoms with Crippen LogP contribution in [0.2, 0.25) is 0 Å². The normalized spacial score (nSPS) is 19.9. The van der Waals surface area contributed by atoms with Crippen LogP contribution in [0, 0.1) is 0 Å². The van der Waals surface area contributed by atoms with Crippen molar-refractivity contribution < 1.29 is 18.0 Å². The molecule has 1 unspecified atom stereocenters. The van der Waals surface area contributed by atoms with Crippen LogP contribution in [0.4, 0.5) is 13.2 Å². The van der Waals surface area contributed by atoms with Crippen molar-refractivity contribution >= 4 is 18.3 Å². The lowest BCUT2D eigenvalue weighted by molar-refractivity contribution is -0.137. The largest absolute Gasteiger partial charge is 0.416 e. The summed E-state index contributed by atoms with van der Waals surface area (Å²) in [5.74, 6) is -0.153. The lowest BCUT2D eigenvalue weighted by Crippen LogP contribution is -2.47. The third-order valence-corrected chi connectivity index (χ3v) is 3.70. The number of alkyl halides is 3. The second-order valence-corrected chi connectivity index (χ2v) is 5.36. The van der Waals surface area contributed by atoms with Gasteiger partial charge in [-0.25, -0.2) is 0 Å². The number of nitrogens with one attached hydrogen (secondary N) is 2. The van der Waals surface area contributed by atoms with Gasteiger partial charge in [-0.3, -0.25) is 4.79 Å². The SMILES string of the molecule is CC(NC(=O)[C@H]1CCCCN1)c1cccc(C(F)(F)F)c1.Cl. The zero-order chi connectivity index (χ0) is 15.5. The molecule has 1 aliphatic rings. The van der Waals surface area contributed by atoms with Crippen molar-refractivity contribution in [2.24, 2.45) is 0 Å². The maximum absolute atomic E-state index is 12.7. The first-order valence-corrected chi connectivity index (χ1v) is 7.09. The Morgan fingerprint density at radius 2 is 2.09 bits per heavy atom. The summed E-state index contributed by atoms with van der Waals surface area (Å²) in [5, 5.41) is 5.90. The zero-order valence-electron chi connectivity index (χ0n) is 12.2. The Morgan fingerprint density at radius 3 is 2.68 bits per heavy atom. The van der Waals surface area contributed by atoms with Crippen molar-refractivity contribution in [1.29, 1.82) is 0 Å². The summed E-state index contributed by atoms with van der Waals surface area (Å²) in [4.78, 5) is 12.1. The molecule has 1 aliphatic heterocycles. The highest BCUT2D eigenvalue weighted by molar-refractivity contribution is 5.85. The minimum atomic E-state index is -4.37. The molecule has 2 atom stereocenters. The first kappa shape index (κ1) is 18.8. The molecule has 7 heteroatoms. The van der Waals surface area contributed by atoms with Crippen LogP contribution >= 0.6 is 12.4 Å². The van der Waals surface area contributed by atoms with Gasteiger partial charge < -0.3 is 10.6 Å². The van der Waals surface area contributed by atoms with Crippen LogP contribution in [-0.4, -0.2) is 18.5 Å². The third kappa shape index (κ3) is 4.88. The number of piperidine rings is 1. The smallest absolute Gasteiger partial charge is 0.348 e. The van der Waals surface area contributed by atoms with E-state index in [0.29, 0.717) is 5.56 Å². The van der Waals surface area contributed by atoms with Gasteiger partial charge in [-0.2, -0.15) is 13.2 Å². The highest BCUT2D eigenvalue weighted by atomic mass is 35.5. The van der Waals surface area contributed by atoms with E-state index in [1.54, 1.807) is 13.0 Å². The molecule has 1 saturated heterocycles. The van der Waals surface area contributed by atoms with Crippen LogP contribution in [0.3, 0.4) is 0 Å². The van der Waals surface area contributed by atoms with Gasteiger partial charge in [0.1, 0.15) is 0 Å². The topological polar surface area (TPSA) is 41.1 Å². The van der Waals surface area contributed by atoms with E-state index in [1.807, 2.05) is 0 Å². The van der Waals surface area contributed by atoms with Crippen LogP contribution in [0.1, 0.15) is 43.4 Å². The molecule has 2 rings (SSSR count). The first-order chi connectivity index (χ1) is 9.88. The summed E-state index contributed by atoms with van der Waals surface area (Å²) in [6.07, 6.45) is -1.57. The van der Waals surface area contributed by atoms with Gasteiger partial charge in [0.25, 0.3) is 0 Å². The fourth-order valence-electron chi connectivity index (χ4n) is 2.46. The van der Waals surface area contributed by atoms with Gasteiger partial charge in [0.15, 0.2) is 0 Å². The molecule has 0 bridgehead atoms. The summed E-state index contributed by atoms with van der Waals surface area (Å²) in [6.45, 7) is 2.49. The van der Waals surface area contributed by atoms with Crippen molar-refractivity contribution in [3.05, 3.63) is 35.4 Å². The first-order valence-electron chi connectivity index (χ1n) is 7.09. The van der Waals surface area contributed by atoms with Gasteiger partial charge in [0, 0.05) is 0 Å². The summed E-state index contributed by atoms with van der Waals surface area (Å²) >= 11 is 0. The maximum Gasteiger partial charge on any atom is 0.416 e. The Kier molecular flexibility index (Phi) is 6.68. The molecule has 3 nitrogen and oxygen atoms in total. The van der Waals surface area contributed by atoms with E-state index in [1.165, 1.54) is 6.07 Å². The van der Waals surface area contributed by atoms with E-state index >= 15 is 0 Å². The molecule has 0 radical (unpaired) electrons. The predicted octanol–water partition coefficient (Wildman–Crippen LogP) is 3.45. The van der Waals surface area contributed by atoms with Gasteiger partial charge in [0.05, 0.1) is 17.6 Å². The van der Waals surface area contributed by atoms with Crippen molar-refractivity contribution in [2.45, 2.75) is 44.4 Å². The fraction of sp³-hybridized carbons (Fsp3) is 0.533. The van der Waals surface area contributed by atoms with Gasteiger partial charge >= 0.3 is 6.18 Å². The molecule has 1 aromatic carbocycles. The zero-order valence-corrected chi connectivity index (χ0v) is 13.1. The summed E-state index contributed by atoms with van der Waals surface area (Å²) in [7, 11) is 0. The number of hydrogen-bond acceptors (Lipinski definition) is 2. The monoisotopic (exact) mass is 336 g/mol. The minimum absolute atomic E-state index is 0. The van der Waals surface area contributed by atoms with E-state index in [0.717, 1.165) is 37.9 Å². The van der Waals surface area contributed by atoms with Crippen LogP contribution < -0.4 is 10.6 Å². The highest BCUT2D eigenvalue weighted by Gasteiger charge is 2.31. The van der Waals surface area contributed by atoms with E-state index in [-0.39, 0.29) is 24.4 Å². The van der Waals surface area contributed by atoms with Crippen molar-refractivity contribution in [3.8, 4) is 0 Å². The molecule has 0 spiro atoms. The lowest BCUT2D eigenvalue weighted by atomic mass is 10.0. The highest BCUT2D eigenvalue weighted by Crippen LogP contribution is 2.30. The molecule has 22 heavy (non-hydrogen) atoms. The Morgan fingerprint density at radius 1 is 1.36 bits per heavy atom. The van der Waals surface area contributed by atoms with Gasteiger partial charge in [-0.1, -0.05) is 18.6 Å². The molecule has 1 aromatic rings. The van der Waals surface area contributed by atoms with Crippen LogP contribution in [-0.2, 0) is 11.0 Å². The van der Waals surface area contributed by atoms with Crippen LogP contribution in [0.15, 0.2) is 24.3 Å². The molecule has 2 N–H and O–H groups in total.